The molecule has 3 rings (SSSR count). The largest absolute Gasteiger partial charge is 0.494 e. The Morgan fingerprint density at radius 3 is 2.35 bits per heavy atom. The van der Waals surface area contributed by atoms with Gasteiger partial charge in [0, 0.05) is 37.4 Å². The molecule has 1 heterocycles. The minimum Gasteiger partial charge on any atom is -0.494 e. The van der Waals surface area contributed by atoms with Crippen molar-refractivity contribution in [2.45, 2.75) is 26.3 Å². The molecule has 1 N–H and O–H groups in total. The number of amides is 3. The molecule has 0 fully saturated rings. The Morgan fingerprint density at radius 2 is 1.70 bits per heavy atom. The van der Waals surface area contributed by atoms with Gasteiger partial charge in [-0.3, -0.25) is 4.79 Å². The smallest absolute Gasteiger partial charge is 0.322 e. The van der Waals surface area contributed by atoms with E-state index >= 15 is 0 Å². The zero-order valence-corrected chi connectivity index (χ0v) is 24.5. The monoisotopic (exact) mass is 569 g/mol. The normalized spacial score (nSPS) is 10.6. The number of nitrogens with one attached hydrogen (secondary N) is 1. The maximum atomic E-state index is 13.6. The number of carbonyl (C=O) groups is 2. The molecule has 3 aromatic rings. The van der Waals surface area contributed by atoms with Gasteiger partial charge in [-0.2, -0.15) is 0 Å². The van der Waals surface area contributed by atoms with E-state index in [4.69, 9.17) is 18.9 Å². The van der Waals surface area contributed by atoms with Crippen molar-refractivity contribution < 1.29 is 28.5 Å². The molecule has 40 heavy (non-hydrogen) atoms. The van der Waals surface area contributed by atoms with Crippen LogP contribution in [0.5, 0.6) is 17.2 Å². The van der Waals surface area contributed by atoms with Crippen LogP contribution in [0, 0.1) is 0 Å². The van der Waals surface area contributed by atoms with Crippen LogP contribution in [0.4, 0.5) is 10.5 Å². The fourth-order valence-electron chi connectivity index (χ4n) is 4.10. The summed E-state index contributed by atoms with van der Waals surface area (Å²) in [5.74, 6) is 1.90. The SMILES string of the molecule is CCOc1ccc(NC(=O)N(CCCOC)CC(=O)N(CCc2ccc(OC)c(OC)c2)Cc2cccs2)cc1. The van der Waals surface area contributed by atoms with Crippen LogP contribution in [-0.4, -0.2) is 75.9 Å². The number of anilines is 1. The summed E-state index contributed by atoms with van der Waals surface area (Å²) in [6.45, 7) is 4.25. The van der Waals surface area contributed by atoms with E-state index in [0.29, 0.717) is 62.9 Å². The quantitative estimate of drug-likeness (QED) is 0.235. The van der Waals surface area contributed by atoms with Crippen LogP contribution in [-0.2, 0) is 22.5 Å². The van der Waals surface area contributed by atoms with Gasteiger partial charge in [-0.25, -0.2) is 4.79 Å². The third-order valence-electron chi connectivity index (χ3n) is 6.20. The average molecular weight is 570 g/mol. The zero-order valence-electron chi connectivity index (χ0n) is 23.7. The molecule has 216 valence electrons. The van der Waals surface area contributed by atoms with Crippen LogP contribution in [0.15, 0.2) is 60.0 Å². The number of hydrogen-bond donors (Lipinski definition) is 1. The van der Waals surface area contributed by atoms with Gasteiger partial charge in [0.25, 0.3) is 0 Å². The Balaban J connectivity index is 1.72. The summed E-state index contributed by atoms with van der Waals surface area (Å²) in [6.07, 6.45) is 1.23. The van der Waals surface area contributed by atoms with E-state index in [1.807, 2.05) is 42.6 Å². The number of carbonyl (C=O) groups excluding carboxylic acids is 2. The second kappa shape index (κ2) is 16.4. The van der Waals surface area contributed by atoms with Crippen molar-refractivity contribution in [3.63, 3.8) is 0 Å². The highest BCUT2D eigenvalue weighted by Gasteiger charge is 2.22. The topological polar surface area (TPSA) is 89.6 Å². The summed E-state index contributed by atoms with van der Waals surface area (Å²) < 4.78 is 21.4. The van der Waals surface area contributed by atoms with Gasteiger partial charge >= 0.3 is 6.03 Å². The summed E-state index contributed by atoms with van der Waals surface area (Å²) in [5, 5.41) is 4.90. The third kappa shape index (κ3) is 9.46. The number of ether oxygens (including phenoxy) is 4. The summed E-state index contributed by atoms with van der Waals surface area (Å²) in [6, 6.07) is 16.6. The van der Waals surface area contributed by atoms with Crippen LogP contribution in [0.3, 0.4) is 0 Å². The molecule has 1 aromatic heterocycles. The van der Waals surface area contributed by atoms with Crippen LogP contribution < -0.4 is 19.5 Å². The lowest BCUT2D eigenvalue weighted by Crippen LogP contribution is -2.45. The molecule has 0 saturated heterocycles. The van der Waals surface area contributed by atoms with Gasteiger partial charge in [0.05, 0.1) is 27.4 Å². The van der Waals surface area contributed by atoms with Gasteiger partial charge in [0.15, 0.2) is 11.5 Å². The van der Waals surface area contributed by atoms with Crippen molar-refractivity contribution in [1.29, 1.82) is 0 Å². The Hall–Kier alpha value is -3.76. The van der Waals surface area contributed by atoms with Gasteiger partial charge in [-0.1, -0.05) is 12.1 Å². The highest BCUT2D eigenvalue weighted by Crippen LogP contribution is 2.28. The van der Waals surface area contributed by atoms with Crippen molar-refractivity contribution in [2.75, 3.05) is 59.5 Å². The first-order valence-corrected chi connectivity index (χ1v) is 14.1. The molecule has 0 aliphatic rings. The summed E-state index contributed by atoms with van der Waals surface area (Å²) in [7, 11) is 4.82. The van der Waals surface area contributed by atoms with Crippen molar-refractivity contribution in [2.24, 2.45) is 0 Å². The lowest BCUT2D eigenvalue weighted by atomic mass is 10.1. The maximum absolute atomic E-state index is 13.6. The molecule has 2 aromatic carbocycles. The van der Waals surface area contributed by atoms with Crippen LogP contribution in [0.1, 0.15) is 23.8 Å². The molecular formula is C30H39N3O6S. The highest BCUT2D eigenvalue weighted by molar-refractivity contribution is 7.09. The standard InChI is InChI=1S/C30H39N3O6S/c1-5-39-25-12-10-24(11-13-25)31-30(35)33(16-7-18-36-2)22-29(34)32(21-26-8-6-19-40-26)17-15-23-9-14-27(37-3)28(20-23)38-4/h6,8-14,19-20H,5,7,15-18,21-22H2,1-4H3,(H,31,35). The molecule has 0 unspecified atom stereocenters. The summed E-state index contributed by atoms with van der Waals surface area (Å²) in [5.41, 5.74) is 1.65. The van der Waals surface area contributed by atoms with Crippen molar-refractivity contribution in [3.05, 3.63) is 70.4 Å². The number of nitrogens with zero attached hydrogens (tertiary/aromatic N) is 2. The van der Waals surface area contributed by atoms with E-state index in [1.165, 1.54) is 4.90 Å². The molecule has 0 spiro atoms. The van der Waals surface area contributed by atoms with E-state index in [1.54, 1.807) is 61.8 Å². The number of methoxy groups -OCH3 is 3. The van der Waals surface area contributed by atoms with E-state index in [-0.39, 0.29) is 18.5 Å². The van der Waals surface area contributed by atoms with Gasteiger partial charge in [0.1, 0.15) is 12.3 Å². The molecule has 9 nitrogen and oxygen atoms in total. The molecule has 0 atom stereocenters. The molecule has 0 aliphatic heterocycles. The predicted molar refractivity (Wildman–Crippen MR) is 158 cm³/mol. The molecule has 0 aliphatic carbocycles. The van der Waals surface area contributed by atoms with Crippen molar-refractivity contribution in [3.8, 4) is 17.2 Å². The fraction of sp³-hybridized carbons (Fsp3) is 0.400. The Labute approximate surface area is 240 Å². The predicted octanol–water partition coefficient (Wildman–Crippen LogP) is 5.31. The second-order valence-electron chi connectivity index (χ2n) is 8.99. The van der Waals surface area contributed by atoms with E-state index in [0.717, 1.165) is 16.2 Å². The highest BCUT2D eigenvalue weighted by atomic mass is 32.1. The Morgan fingerprint density at radius 1 is 0.925 bits per heavy atom. The van der Waals surface area contributed by atoms with E-state index in [2.05, 4.69) is 5.32 Å². The molecule has 10 heteroatoms. The lowest BCUT2D eigenvalue weighted by Gasteiger charge is -2.28. The van der Waals surface area contributed by atoms with Gasteiger partial charge < -0.3 is 34.1 Å². The Kier molecular flexibility index (Phi) is 12.6. The molecule has 0 bridgehead atoms. The minimum absolute atomic E-state index is 0.0517. The van der Waals surface area contributed by atoms with E-state index < -0.39 is 0 Å². The fourth-order valence-corrected chi connectivity index (χ4v) is 4.82. The number of thiophene rings is 1. The minimum atomic E-state index is -0.343. The molecular weight excluding hydrogens is 530 g/mol. The molecule has 0 radical (unpaired) electrons. The molecule has 3 amide bonds. The first kappa shape index (κ1) is 30.8. The summed E-state index contributed by atoms with van der Waals surface area (Å²) >= 11 is 1.60. The van der Waals surface area contributed by atoms with Crippen LogP contribution in [0.2, 0.25) is 0 Å². The Bertz CT molecular complexity index is 1190. The van der Waals surface area contributed by atoms with Crippen molar-refractivity contribution in [1.82, 2.24) is 9.80 Å². The zero-order chi connectivity index (χ0) is 28.7. The van der Waals surface area contributed by atoms with Gasteiger partial charge in [-0.05, 0) is 73.2 Å². The number of rotatable bonds is 16. The average Bonchev–Trinajstić information content (AvgIpc) is 3.49. The van der Waals surface area contributed by atoms with E-state index in [9.17, 15) is 9.59 Å². The first-order valence-electron chi connectivity index (χ1n) is 13.3. The molecule has 0 saturated carbocycles. The number of urea groups is 1. The summed E-state index contributed by atoms with van der Waals surface area (Å²) in [4.78, 5) is 31.3. The second-order valence-corrected chi connectivity index (χ2v) is 10.0. The first-order chi connectivity index (χ1) is 19.5. The van der Waals surface area contributed by atoms with Crippen LogP contribution >= 0.6 is 11.3 Å². The van der Waals surface area contributed by atoms with Crippen LogP contribution in [0.25, 0.3) is 0 Å². The van der Waals surface area contributed by atoms with Gasteiger partial charge in [0.2, 0.25) is 5.91 Å². The number of benzene rings is 2. The lowest BCUT2D eigenvalue weighted by molar-refractivity contribution is -0.132. The van der Waals surface area contributed by atoms with Crippen molar-refractivity contribution >= 4 is 29.0 Å². The maximum Gasteiger partial charge on any atom is 0.322 e. The van der Waals surface area contributed by atoms with Gasteiger partial charge in [-0.15, -0.1) is 11.3 Å². The third-order valence-corrected chi connectivity index (χ3v) is 7.07. The number of hydrogen-bond acceptors (Lipinski definition) is 7.